The molecule has 1 aromatic rings. The molecule has 0 radical (unpaired) electrons. The molecule has 0 aromatic heterocycles. The molecule has 0 spiro atoms. The molecule has 0 aliphatic heterocycles. The zero-order valence-corrected chi connectivity index (χ0v) is 14.9. The van der Waals surface area contributed by atoms with Gasteiger partial charge in [-0.2, -0.15) is 0 Å². The van der Waals surface area contributed by atoms with Crippen LogP contribution in [0, 0.1) is 0 Å². The molecule has 6 heteroatoms. The van der Waals surface area contributed by atoms with Gasteiger partial charge in [0.25, 0.3) is 0 Å². The number of hydrogen-bond donors (Lipinski definition) is 1. The van der Waals surface area contributed by atoms with Gasteiger partial charge in [-0.25, -0.2) is 8.42 Å². The van der Waals surface area contributed by atoms with E-state index in [1.807, 2.05) is 12.1 Å². The van der Waals surface area contributed by atoms with Crippen molar-refractivity contribution in [2.24, 2.45) is 0 Å². The second-order valence-electron chi connectivity index (χ2n) is 5.36. The fourth-order valence-electron chi connectivity index (χ4n) is 2.17. The van der Waals surface area contributed by atoms with Gasteiger partial charge in [0.1, 0.15) is 9.84 Å². The summed E-state index contributed by atoms with van der Waals surface area (Å²) in [5, 5.41) is 4.74. The standard InChI is InChI=1S/C15H23Cl2NO2S/c1-3-8-18-14(5-4-9-21(2,19)20)10-12-6-7-13(16)11-15(12)17/h6-7,11,14,18H,3-5,8-10H2,1-2H3. The minimum Gasteiger partial charge on any atom is -0.314 e. The van der Waals surface area contributed by atoms with Gasteiger partial charge < -0.3 is 5.32 Å². The topological polar surface area (TPSA) is 46.2 Å². The highest BCUT2D eigenvalue weighted by Crippen LogP contribution is 2.23. The second kappa shape index (κ2) is 8.99. The van der Waals surface area contributed by atoms with E-state index in [4.69, 9.17) is 23.2 Å². The smallest absolute Gasteiger partial charge is 0.147 e. The lowest BCUT2D eigenvalue weighted by atomic mass is 10.0. The first kappa shape index (κ1) is 18.8. The van der Waals surface area contributed by atoms with Crippen LogP contribution in [-0.4, -0.2) is 33.0 Å². The lowest BCUT2D eigenvalue weighted by Crippen LogP contribution is -2.32. The van der Waals surface area contributed by atoms with Crippen molar-refractivity contribution in [3.05, 3.63) is 33.8 Å². The van der Waals surface area contributed by atoms with Crippen molar-refractivity contribution in [3.8, 4) is 0 Å². The molecule has 21 heavy (non-hydrogen) atoms. The van der Waals surface area contributed by atoms with Gasteiger partial charge in [-0.05, 0) is 49.9 Å². The molecular weight excluding hydrogens is 329 g/mol. The van der Waals surface area contributed by atoms with Crippen molar-refractivity contribution in [1.29, 1.82) is 0 Å². The largest absolute Gasteiger partial charge is 0.314 e. The van der Waals surface area contributed by atoms with Crippen LogP contribution in [0.2, 0.25) is 10.0 Å². The van der Waals surface area contributed by atoms with E-state index in [1.54, 1.807) is 6.07 Å². The third kappa shape index (κ3) is 8.05. The first-order chi connectivity index (χ1) is 9.81. The molecule has 1 atom stereocenters. The van der Waals surface area contributed by atoms with Gasteiger partial charge in [-0.3, -0.25) is 0 Å². The van der Waals surface area contributed by atoms with E-state index in [0.717, 1.165) is 31.4 Å². The first-order valence-corrected chi connectivity index (χ1v) is 9.98. The Labute approximate surface area is 137 Å². The van der Waals surface area contributed by atoms with Crippen molar-refractivity contribution >= 4 is 33.0 Å². The van der Waals surface area contributed by atoms with Gasteiger partial charge in [0, 0.05) is 28.1 Å². The van der Waals surface area contributed by atoms with Gasteiger partial charge in [0.2, 0.25) is 0 Å². The van der Waals surface area contributed by atoms with E-state index in [0.29, 0.717) is 16.5 Å². The molecule has 0 heterocycles. The Morgan fingerprint density at radius 2 is 2.00 bits per heavy atom. The van der Waals surface area contributed by atoms with Crippen LogP contribution in [0.3, 0.4) is 0 Å². The van der Waals surface area contributed by atoms with E-state index in [-0.39, 0.29) is 11.8 Å². The highest BCUT2D eigenvalue weighted by Gasteiger charge is 2.13. The van der Waals surface area contributed by atoms with Crippen LogP contribution in [0.4, 0.5) is 0 Å². The highest BCUT2D eigenvalue weighted by atomic mass is 35.5. The maximum Gasteiger partial charge on any atom is 0.147 e. The number of benzene rings is 1. The molecule has 0 bridgehead atoms. The number of sulfone groups is 1. The summed E-state index contributed by atoms with van der Waals surface area (Å²) in [5.74, 6) is 0.228. The molecule has 0 fully saturated rings. The molecule has 1 unspecified atom stereocenters. The van der Waals surface area contributed by atoms with Crippen LogP contribution in [0.1, 0.15) is 31.7 Å². The summed E-state index contributed by atoms with van der Waals surface area (Å²) >= 11 is 12.1. The molecule has 0 aliphatic carbocycles. The summed E-state index contributed by atoms with van der Waals surface area (Å²) in [6, 6.07) is 5.73. The number of hydrogen-bond acceptors (Lipinski definition) is 3. The predicted molar refractivity (Wildman–Crippen MR) is 91.2 cm³/mol. The number of nitrogens with one attached hydrogen (secondary N) is 1. The molecule has 0 aliphatic rings. The van der Waals surface area contributed by atoms with Gasteiger partial charge in [-0.15, -0.1) is 0 Å². The maximum atomic E-state index is 11.2. The normalized spacial score (nSPS) is 13.3. The van der Waals surface area contributed by atoms with Crippen molar-refractivity contribution in [1.82, 2.24) is 5.32 Å². The van der Waals surface area contributed by atoms with E-state index in [2.05, 4.69) is 12.2 Å². The van der Waals surface area contributed by atoms with Crippen LogP contribution in [0.25, 0.3) is 0 Å². The quantitative estimate of drug-likeness (QED) is 0.737. The lowest BCUT2D eigenvalue weighted by Gasteiger charge is -2.19. The first-order valence-electron chi connectivity index (χ1n) is 7.17. The molecule has 0 amide bonds. The van der Waals surface area contributed by atoms with Gasteiger partial charge in [0.05, 0.1) is 0 Å². The van der Waals surface area contributed by atoms with E-state index in [1.165, 1.54) is 6.26 Å². The summed E-state index contributed by atoms with van der Waals surface area (Å²) in [5.41, 5.74) is 1.04. The van der Waals surface area contributed by atoms with Crippen LogP contribution in [0.5, 0.6) is 0 Å². The van der Waals surface area contributed by atoms with Crippen molar-refractivity contribution < 1.29 is 8.42 Å². The van der Waals surface area contributed by atoms with E-state index < -0.39 is 9.84 Å². The van der Waals surface area contributed by atoms with E-state index >= 15 is 0 Å². The summed E-state index contributed by atoms with van der Waals surface area (Å²) in [6.45, 7) is 3.02. The average Bonchev–Trinajstić information content (AvgIpc) is 2.37. The molecule has 1 N–H and O–H groups in total. The van der Waals surface area contributed by atoms with Crippen LogP contribution >= 0.6 is 23.2 Å². The molecule has 0 saturated heterocycles. The average molecular weight is 352 g/mol. The SMILES string of the molecule is CCCNC(CCCS(C)(=O)=O)Cc1ccc(Cl)cc1Cl. The Morgan fingerprint density at radius 1 is 1.29 bits per heavy atom. The van der Waals surface area contributed by atoms with Crippen molar-refractivity contribution in [2.75, 3.05) is 18.6 Å². The summed E-state index contributed by atoms with van der Waals surface area (Å²) in [6.07, 6.45) is 4.56. The Balaban J connectivity index is 2.64. The third-order valence-corrected chi connectivity index (χ3v) is 4.85. The number of rotatable bonds is 9. The van der Waals surface area contributed by atoms with Crippen molar-refractivity contribution in [3.63, 3.8) is 0 Å². The molecule has 0 saturated carbocycles. The van der Waals surface area contributed by atoms with Crippen LogP contribution < -0.4 is 5.32 Å². The van der Waals surface area contributed by atoms with Crippen LogP contribution in [-0.2, 0) is 16.3 Å². The summed E-state index contributed by atoms with van der Waals surface area (Å²) in [7, 11) is -2.90. The van der Waals surface area contributed by atoms with Crippen molar-refractivity contribution in [2.45, 2.75) is 38.6 Å². The minimum atomic E-state index is -2.90. The summed E-state index contributed by atoms with van der Waals surface area (Å²) < 4.78 is 22.4. The highest BCUT2D eigenvalue weighted by molar-refractivity contribution is 7.90. The second-order valence-corrected chi connectivity index (χ2v) is 8.47. The minimum absolute atomic E-state index is 0.227. The number of halogens is 2. The third-order valence-electron chi connectivity index (χ3n) is 3.23. The van der Waals surface area contributed by atoms with E-state index in [9.17, 15) is 8.42 Å². The molecular formula is C15H23Cl2NO2S. The predicted octanol–water partition coefficient (Wildman–Crippen LogP) is 3.73. The molecule has 1 rings (SSSR count). The Kier molecular flexibility index (Phi) is 8.03. The monoisotopic (exact) mass is 351 g/mol. The Morgan fingerprint density at radius 3 is 2.57 bits per heavy atom. The molecule has 120 valence electrons. The lowest BCUT2D eigenvalue weighted by molar-refractivity contribution is 0.472. The fraction of sp³-hybridized carbons (Fsp3) is 0.600. The molecule has 1 aromatic carbocycles. The van der Waals surface area contributed by atoms with Gasteiger partial charge in [0.15, 0.2) is 0 Å². The Bertz CT molecular complexity index is 547. The van der Waals surface area contributed by atoms with Crippen LogP contribution in [0.15, 0.2) is 18.2 Å². The van der Waals surface area contributed by atoms with Gasteiger partial charge in [-0.1, -0.05) is 36.2 Å². The zero-order chi connectivity index (χ0) is 15.9. The zero-order valence-electron chi connectivity index (χ0n) is 12.5. The van der Waals surface area contributed by atoms with Gasteiger partial charge >= 0.3 is 0 Å². The molecule has 3 nitrogen and oxygen atoms in total. The Hall–Kier alpha value is -0.290. The fourth-order valence-corrected chi connectivity index (χ4v) is 3.35. The summed E-state index contributed by atoms with van der Waals surface area (Å²) in [4.78, 5) is 0. The maximum absolute atomic E-state index is 11.2.